The van der Waals surface area contributed by atoms with Gasteiger partial charge in [0.05, 0.1) is 0 Å². The van der Waals surface area contributed by atoms with E-state index in [1.807, 2.05) is 19.9 Å². The Labute approximate surface area is 148 Å². The fraction of sp³-hybridized carbons (Fsp3) is 0.294. The Morgan fingerprint density at radius 3 is 2.65 bits per heavy atom. The van der Waals surface area contributed by atoms with E-state index < -0.39 is 12.5 Å². The average molecular weight is 361 g/mol. The van der Waals surface area contributed by atoms with E-state index in [-0.39, 0.29) is 11.6 Å². The second kappa shape index (κ2) is 7.42. The van der Waals surface area contributed by atoms with Crippen LogP contribution in [-0.4, -0.2) is 38.6 Å². The molecule has 0 unspecified atom stereocenters. The maximum absolute atomic E-state index is 12.2. The number of alkyl halides is 2. The van der Waals surface area contributed by atoms with Gasteiger partial charge in [0.25, 0.3) is 11.7 Å². The maximum atomic E-state index is 12.2. The van der Waals surface area contributed by atoms with E-state index in [9.17, 15) is 13.6 Å². The zero-order valence-electron chi connectivity index (χ0n) is 14.2. The number of ether oxygens (including phenoxy) is 1. The number of carbonyl (C=O) groups is 1. The van der Waals surface area contributed by atoms with E-state index in [2.05, 4.69) is 25.1 Å². The molecule has 7 nitrogen and oxygen atoms in total. The summed E-state index contributed by atoms with van der Waals surface area (Å²) >= 11 is 0. The van der Waals surface area contributed by atoms with Gasteiger partial charge in [-0.1, -0.05) is 12.1 Å². The number of aromatic nitrogens is 4. The standard InChI is InChI=1S/C17H17F2N5O2/c1-10-9-11(2)24-17(21-10)22-14(23-24)15(25)20-8-7-12-3-5-13(6-4-12)26-16(18)19/h3-6,9,16H,7-8H2,1-2H3,(H,20,25). The number of amides is 1. The summed E-state index contributed by atoms with van der Waals surface area (Å²) in [5, 5.41) is 6.89. The Morgan fingerprint density at radius 2 is 1.96 bits per heavy atom. The van der Waals surface area contributed by atoms with Crippen LogP contribution in [0.25, 0.3) is 5.78 Å². The van der Waals surface area contributed by atoms with Gasteiger partial charge in [-0.15, -0.1) is 5.10 Å². The van der Waals surface area contributed by atoms with Crippen LogP contribution in [0.2, 0.25) is 0 Å². The van der Waals surface area contributed by atoms with Gasteiger partial charge in [-0.25, -0.2) is 9.50 Å². The van der Waals surface area contributed by atoms with Gasteiger partial charge in [-0.05, 0) is 44.0 Å². The lowest BCUT2D eigenvalue weighted by molar-refractivity contribution is -0.0498. The fourth-order valence-corrected chi connectivity index (χ4v) is 2.50. The van der Waals surface area contributed by atoms with Crippen molar-refractivity contribution in [3.05, 3.63) is 53.1 Å². The van der Waals surface area contributed by atoms with Crippen LogP contribution in [0, 0.1) is 13.8 Å². The summed E-state index contributed by atoms with van der Waals surface area (Å²) in [4.78, 5) is 20.6. The molecule has 1 aromatic carbocycles. The zero-order chi connectivity index (χ0) is 18.7. The highest BCUT2D eigenvalue weighted by atomic mass is 19.3. The molecule has 136 valence electrons. The van der Waals surface area contributed by atoms with Crippen LogP contribution >= 0.6 is 0 Å². The molecule has 2 heterocycles. The van der Waals surface area contributed by atoms with E-state index >= 15 is 0 Å². The molecular weight excluding hydrogens is 344 g/mol. The van der Waals surface area contributed by atoms with Crippen LogP contribution in [0.15, 0.2) is 30.3 Å². The largest absolute Gasteiger partial charge is 0.435 e. The number of hydrogen-bond donors (Lipinski definition) is 1. The fourth-order valence-electron chi connectivity index (χ4n) is 2.50. The van der Waals surface area contributed by atoms with E-state index in [1.165, 1.54) is 16.6 Å². The second-order valence-corrected chi connectivity index (χ2v) is 5.71. The Kier molecular flexibility index (Phi) is 5.06. The summed E-state index contributed by atoms with van der Waals surface area (Å²) in [6, 6.07) is 8.12. The van der Waals surface area contributed by atoms with Crippen molar-refractivity contribution in [2.45, 2.75) is 26.9 Å². The average Bonchev–Trinajstić information content (AvgIpc) is 3.00. The SMILES string of the molecule is Cc1cc(C)n2nc(C(=O)NCCc3ccc(OC(F)F)cc3)nc2n1. The third-order valence-electron chi connectivity index (χ3n) is 3.67. The van der Waals surface area contributed by atoms with Gasteiger partial charge >= 0.3 is 6.61 Å². The third kappa shape index (κ3) is 4.11. The number of rotatable bonds is 6. The molecule has 0 aliphatic carbocycles. The number of fused-ring (bicyclic) bond motifs is 1. The number of carbonyl (C=O) groups excluding carboxylic acids is 1. The molecule has 26 heavy (non-hydrogen) atoms. The molecule has 0 aliphatic rings. The van der Waals surface area contributed by atoms with E-state index in [1.54, 1.807) is 12.1 Å². The van der Waals surface area contributed by atoms with Crippen molar-refractivity contribution in [2.24, 2.45) is 0 Å². The highest BCUT2D eigenvalue weighted by molar-refractivity contribution is 5.90. The number of nitrogens with zero attached hydrogens (tertiary/aromatic N) is 4. The first-order valence-corrected chi connectivity index (χ1v) is 7.95. The van der Waals surface area contributed by atoms with E-state index in [0.717, 1.165) is 17.0 Å². The molecule has 2 aromatic heterocycles. The molecule has 3 aromatic rings. The van der Waals surface area contributed by atoms with Crippen LogP contribution in [0.3, 0.4) is 0 Å². The Bertz CT molecular complexity index is 925. The van der Waals surface area contributed by atoms with Crippen molar-refractivity contribution in [3.8, 4) is 5.75 Å². The van der Waals surface area contributed by atoms with E-state index in [0.29, 0.717) is 18.7 Å². The summed E-state index contributed by atoms with van der Waals surface area (Å²) in [7, 11) is 0. The van der Waals surface area contributed by atoms with Crippen molar-refractivity contribution in [1.29, 1.82) is 0 Å². The quantitative estimate of drug-likeness (QED) is 0.729. The lowest BCUT2D eigenvalue weighted by Crippen LogP contribution is -2.26. The molecule has 9 heteroatoms. The topological polar surface area (TPSA) is 81.4 Å². The highest BCUT2D eigenvalue weighted by Gasteiger charge is 2.14. The number of benzene rings is 1. The van der Waals surface area contributed by atoms with Crippen molar-refractivity contribution < 1.29 is 18.3 Å². The number of hydrogen-bond acceptors (Lipinski definition) is 5. The molecule has 0 saturated heterocycles. The van der Waals surface area contributed by atoms with Crippen LogP contribution in [0.5, 0.6) is 5.75 Å². The molecular formula is C17H17F2N5O2. The smallest absolute Gasteiger partial charge is 0.387 e. The normalized spacial score (nSPS) is 11.1. The predicted molar refractivity (Wildman–Crippen MR) is 89.4 cm³/mol. The molecule has 0 aliphatic heterocycles. The van der Waals surface area contributed by atoms with Crippen LogP contribution in [0.1, 0.15) is 27.6 Å². The first kappa shape index (κ1) is 17.7. The van der Waals surface area contributed by atoms with Gasteiger partial charge in [0.2, 0.25) is 5.82 Å². The molecule has 1 amide bonds. The summed E-state index contributed by atoms with van der Waals surface area (Å²) in [6.07, 6.45) is 0.532. The highest BCUT2D eigenvalue weighted by Crippen LogP contribution is 2.15. The molecule has 0 radical (unpaired) electrons. The summed E-state index contributed by atoms with van der Waals surface area (Å²) in [6.45, 7) is 1.22. The minimum absolute atomic E-state index is 0.0480. The number of aryl methyl sites for hydroxylation is 2. The van der Waals surface area contributed by atoms with Crippen molar-refractivity contribution in [2.75, 3.05) is 6.54 Å². The first-order chi connectivity index (χ1) is 12.4. The van der Waals surface area contributed by atoms with Crippen molar-refractivity contribution in [3.63, 3.8) is 0 Å². The molecule has 3 rings (SSSR count). The van der Waals surface area contributed by atoms with Gasteiger partial charge in [0.1, 0.15) is 5.75 Å². The summed E-state index contributed by atoms with van der Waals surface area (Å²) < 4.78 is 30.0. The van der Waals surface area contributed by atoms with Gasteiger partial charge in [0, 0.05) is 17.9 Å². The third-order valence-corrected chi connectivity index (χ3v) is 3.67. The second-order valence-electron chi connectivity index (χ2n) is 5.71. The lowest BCUT2D eigenvalue weighted by atomic mass is 10.1. The summed E-state index contributed by atoms with van der Waals surface area (Å²) in [5.41, 5.74) is 2.52. The molecule has 0 fully saturated rings. The predicted octanol–water partition coefficient (Wildman–Crippen LogP) is 2.32. The van der Waals surface area contributed by atoms with Crippen LogP contribution in [0.4, 0.5) is 8.78 Å². The van der Waals surface area contributed by atoms with Crippen LogP contribution in [-0.2, 0) is 6.42 Å². The Morgan fingerprint density at radius 1 is 1.23 bits per heavy atom. The van der Waals surface area contributed by atoms with Gasteiger partial charge in [0.15, 0.2) is 0 Å². The van der Waals surface area contributed by atoms with Gasteiger partial charge in [-0.3, -0.25) is 4.79 Å². The monoisotopic (exact) mass is 361 g/mol. The molecule has 0 bridgehead atoms. The molecule has 1 N–H and O–H groups in total. The minimum Gasteiger partial charge on any atom is -0.435 e. The summed E-state index contributed by atoms with van der Waals surface area (Å²) in [5.74, 6) is 0.124. The lowest BCUT2D eigenvalue weighted by Gasteiger charge is -2.06. The van der Waals surface area contributed by atoms with Gasteiger partial charge < -0.3 is 10.1 Å². The number of nitrogens with one attached hydrogen (secondary N) is 1. The Balaban J connectivity index is 1.58. The Hall–Kier alpha value is -3.10. The molecule has 0 atom stereocenters. The minimum atomic E-state index is -2.85. The van der Waals surface area contributed by atoms with Crippen LogP contribution < -0.4 is 10.1 Å². The van der Waals surface area contributed by atoms with Crippen molar-refractivity contribution >= 4 is 11.7 Å². The zero-order valence-corrected chi connectivity index (χ0v) is 14.2. The first-order valence-electron chi connectivity index (χ1n) is 7.95. The molecule has 0 saturated carbocycles. The maximum Gasteiger partial charge on any atom is 0.387 e. The van der Waals surface area contributed by atoms with Gasteiger partial charge in [-0.2, -0.15) is 13.8 Å². The molecule has 0 spiro atoms. The van der Waals surface area contributed by atoms with Crippen molar-refractivity contribution in [1.82, 2.24) is 24.9 Å². The number of halogens is 2. The van der Waals surface area contributed by atoms with E-state index in [4.69, 9.17) is 0 Å².